The van der Waals surface area contributed by atoms with Gasteiger partial charge < -0.3 is 9.72 Å². The van der Waals surface area contributed by atoms with E-state index in [0.717, 1.165) is 0 Å². The maximum atomic E-state index is 13.4. The number of nitrogens with zero attached hydrogens (tertiary/aromatic N) is 3. The van der Waals surface area contributed by atoms with Gasteiger partial charge in [0.05, 0.1) is 24.4 Å². The fourth-order valence-corrected chi connectivity index (χ4v) is 3.20. The molecule has 4 rings (SSSR count). The number of aryl methyl sites for hydroxylation is 1. The molecule has 0 bridgehead atoms. The fourth-order valence-electron chi connectivity index (χ4n) is 3.20. The summed E-state index contributed by atoms with van der Waals surface area (Å²) >= 11 is 0. The van der Waals surface area contributed by atoms with Crippen molar-refractivity contribution < 1.29 is 22.7 Å². The van der Waals surface area contributed by atoms with Gasteiger partial charge >= 0.3 is 6.18 Å². The minimum atomic E-state index is -4.49. The van der Waals surface area contributed by atoms with Gasteiger partial charge in [-0.3, -0.25) is 9.69 Å². The van der Waals surface area contributed by atoms with E-state index >= 15 is 0 Å². The highest BCUT2D eigenvalue weighted by Crippen LogP contribution is 2.38. The van der Waals surface area contributed by atoms with E-state index in [1.165, 1.54) is 24.1 Å². The van der Waals surface area contributed by atoms with Gasteiger partial charge in [-0.25, -0.2) is 9.97 Å². The number of pyridine rings is 2. The lowest BCUT2D eigenvalue weighted by Gasteiger charge is -2.26. The minimum Gasteiger partial charge on any atom is -0.370 e. The average molecular weight is 376 g/mol. The number of hydrogen-bond acceptors (Lipinski definition) is 4. The third kappa shape index (κ3) is 3.14. The fraction of sp³-hybridized carbons (Fsp3) is 0.278. The first kappa shape index (κ1) is 17.5. The summed E-state index contributed by atoms with van der Waals surface area (Å²) in [4.78, 5) is 24.7. The van der Waals surface area contributed by atoms with Crippen LogP contribution in [0.3, 0.4) is 0 Å². The van der Waals surface area contributed by atoms with Crippen molar-refractivity contribution in [2.24, 2.45) is 0 Å². The molecule has 1 aliphatic rings. The highest BCUT2D eigenvalue weighted by Gasteiger charge is 2.36. The van der Waals surface area contributed by atoms with Crippen LogP contribution in [-0.4, -0.2) is 40.6 Å². The molecule has 1 N–H and O–H groups in total. The van der Waals surface area contributed by atoms with Crippen LogP contribution < -0.4 is 4.90 Å². The average Bonchev–Trinajstić information content (AvgIpc) is 2.97. The van der Waals surface area contributed by atoms with Crippen molar-refractivity contribution in [3.63, 3.8) is 0 Å². The number of fused-ring (bicyclic) bond motifs is 1. The van der Waals surface area contributed by atoms with Gasteiger partial charge in [-0.05, 0) is 25.1 Å². The van der Waals surface area contributed by atoms with Crippen molar-refractivity contribution >= 4 is 22.8 Å². The summed E-state index contributed by atoms with van der Waals surface area (Å²) in [6, 6.07) is 6.48. The molecule has 0 radical (unpaired) electrons. The third-order valence-electron chi connectivity index (χ3n) is 4.41. The number of anilines is 1. The molecule has 6 nitrogen and oxygen atoms in total. The van der Waals surface area contributed by atoms with E-state index in [9.17, 15) is 18.0 Å². The number of rotatable bonds is 2. The molecule has 3 aromatic rings. The van der Waals surface area contributed by atoms with E-state index in [1.54, 1.807) is 18.2 Å². The summed E-state index contributed by atoms with van der Waals surface area (Å²) in [6.45, 7) is 2.13. The number of halogens is 3. The Morgan fingerprint density at radius 3 is 2.85 bits per heavy atom. The van der Waals surface area contributed by atoms with Gasteiger partial charge in [0.2, 0.25) is 0 Å². The number of nitrogens with one attached hydrogen (secondary N) is 1. The first-order valence-corrected chi connectivity index (χ1v) is 8.25. The normalized spacial score (nSPS) is 15.6. The summed E-state index contributed by atoms with van der Waals surface area (Å²) in [5.74, 6) is 0.224. The lowest BCUT2D eigenvalue weighted by Crippen LogP contribution is -2.42. The van der Waals surface area contributed by atoms with E-state index < -0.39 is 11.7 Å². The molecule has 140 valence electrons. The number of carbonyl (C=O) groups is 1. The van der Waals surface area contributed by atoms with Crippen LogP contribution in [0.2, 0.25) is 0 Å². The van der Waals surface area contributed by atoms with Gasteiger partial charge in [-0.1, -0.05) is 6.07 Å². The molecule has 0 unspecified atom stereocenters. The number of carbonyl (C=O) groups excluding carboxylic acids is 1. The predicted molar refractivity (Wildman–Crippen MR) is 92.2 cm³/mol. The lowest BCUT2D eigenvalue weighted by atomic mass is 10.1. The van der Waals surface area contributed by atoms with E-state index in [0.29, 0.717) is 30.2 Å². The molecule has 0 saturated carbocycles. The Morgan fingerprint density at radius 1 is 1.30 bits per heavy atom. The Bertz CT molecular complexity index is 1030. The molecule has 0 aliphatic carbocycles. The summed E-state index contributed by atoms with van der Waals surface area (Å²) in [6.07, 6.45) is -3.02. The highest BCUT2D eigenvalue weighted by atomic mass is 19.4. The van der Waals surface area contributed by atoms with E-state index in [1.807, 2.05) is 0 Å². The van der Waals surface area contributed by atoms with Crippen LogP contribution in [0.4, 0.5) is 19.0 Å². The van der Waals surface area contributed by atoms with Crippen molar-refractivity contribution in [2.45, 2.75) is 13.1 Å². The summed E-state index contributed by atoms with van der Waals surface area (Å²) in [5.41, 5.74) is 0.333. The lowest BCUT2D eigenvalue weighted by molar-refractivity contribution is -0.136. The van der Waals surface area contributed by atoms with Crippen molar-refractivity contribution in [1.29, 1.82) is 0 Å². The summed E-state index contributed by atoms with van der Waals surface area (Å²) in [7, 11) is 0. The number of alkyl halides is 3. The van der Waals surface area contributed by atoms with Crippen LogP contribution >= 0.6 is 0 Å². The molecule has 1 fully saturated rings. The van der Waals surface area contributed by atoms with Crippen LogP contribution in [0.5, 0.6) is 0 Å². The SMILES string of the molecule is Cc1[nH]c2ncc(-c3cccc(N4CCOCC4=O)n3)cc2c1C(F)(F)F. The van der Waals surface area contributed by atoms with Gasteiger partial charge in [0.25, 0.3) is 5.91 Å². The van der Waals surface area contributed by atoms with Crippen molar-refractivity contribution in [1.82, 2.24) is 15.0 Å². The van der Waals surface area contributed by atoms with Crippen LogP contribution in [-0.2, 0) is 15.7 Å². The minimum absolute atomic E-state index is 0.00727. The Hall–Kier alpha value is -2.94. The second-order valence-corrected chi connectivity index (χ2v) is 6.22. The number of aromatic nitrogens is 3. The van der Waals surface area contributed by atoms with E-state index in [4.69, 9.17) is 4.74 Å². The number of amides is 1. The highest BCUT2D eigenvalue weighted by molar-refractivity contribution is 5.94. The molecule has 3 aromatic heterocycles. The van der Waals surface area contributed by atoms with Gasteiger partial charge in [0.15, 0.2) is 0 Å². The molecule has 1 saturated heterocycles. The van der Waals surface area contributed by atoms with Gasteiger partial charge in [0.1, 0.15) is 18.1 Å². The van der Waals surface area contributed by atoms with Crippen LogP contribution in [0.25, 0.3) is 22.3 Å². The maximum absolute atomic E-state index is 13.4. The van der Waals surface area contributed by atoms with Crippen LogP contribution in [0.15, 0.2) is 30.5 Å². The number of morpholine rings is 1. The Kier molecular flexibility index (Phi) is 4.11. The van der Waals surface area contributed by atoms with Gasteiger partial charge in [0, 0.05) is 22.8 Å². The maximum Gasteiger partial charge on any atom is 0.418 e. The summed E-state index contributed by atoms with van der Waals surface area (Å²) < 4.78 is 45.2. The molecular formula is C18H15F3N4O2. The molecule has 27 heavy (non-hydrogen) atoms. The largest absolute Gasteiger partial charge is 0.418 e. The second-order valence-electron chi connectivity index (χ2n) is 6.22. The monoisotopic (exact) mass is 376 g/mol. The molecular weight excluding hydrogens is 361 g/mol. The standard InChI is InChI=1S/C18H15F3N4O2/c1-10-16(18(19,20)21)12-7-11(8-22-17(12)23-10)13-3-2-4-14(24-13)25-5-6-27-9-15(25)26/h2-4,7-8H,5-6,9H2,1H3,(H,22,23). The molecule has 1 aliphatic heterocycles. The smallest absolute Gasteiger partial charge is 0.370 e. The molecule has 0 aromatic carbocycles. The third-order valence-corrected chi connectivity index (χ3v) is 4.41. The number of hydrogen-bond donors (Lipinski definition) is 1. The quantitative estimate of drug-likeness (QED) is 0.745. The zero-order valence-corrected chi connectivity index (χ0v) is 14.3. The van der Waals surface area contributed by atoms with Crippen LogP contribution in [0, 0.1) is 6.92 Å². The second kappa shape index (κ2) is 6.34. The summed E-state index contributed by atoms with van der Waals surface area (Å²) in [5, 5.41) is -0.00727. The molecule has 4 heterocycles. The Labute approximate surface area is 152 Å². The molecule has 1 amide bonds. The first-order valence-electron chi connectivity index (χ1n) is 8.25. The number of aromatic amines is 1. The van der Waals surface area contributed by atoms with Crippen molar-refractivity contribution in [3.05, 3.63) is 41.7 Å². The van der Waals surface area contributed by atoms with Gasteiger partial charge in [-0.15, -0.1) is 0 Å². The molecule has 0 atom stereocenters. The predicted octanol–water partition coefficient (Wildman–Crippen LogP) is 3.32. The first-order chi connectivity index (χ1) is 12.8. The number of H-pyrrole nitrogens is 1. The zero-order chi connectivity index (χ0) is 19.2. The Balaban J connectivity index is 1.79. The van der Waals surface area contributed by atoms with Crippen molar-refractivity contribution in [2.75, 3.05) is 24.7 Å². The van der Waals surface area contributed by atoms with Crippen LogP contribution in [0.1, 0.15) is 11.3 Å². The Morgan fingerprint density at radius 2 is 2.11 bits per heavy atom. The number of ether oxygens (including phenoxy) is 1. The molecule has 0 spiro atoms. The van der Waals surface area contributed by atoms with Crippen molar-refractivity contribution in [3.8, 4) is 11.3 Å². The van der Waals surface area contributed by atoms with E-state index in [-0.39, 0.29) is 29.2 Å². The van der Waals surface area contributed by atoms with Gasteiger partial charge in [-0.2, -0.15) is 13.2 Å². The topological polar surface area (TPSA) is 71.1 Å². The van der Waals surface area contributed by atoms with E-state index in [2.05, 4.69) is 15.0 Å². The molecule has 9 heteroatoms. The zero-order valence-electron chi connectivity index (χ0n) is 14.3.